The van der Waals surface area contributed by atoms with Crippen LogP contribution in [-0.2, 0) is 0 Å². The lowest BCUT2D eigenvalue weighted by Gasteiger charge is -2.22. The zero-order valence-electron chi connectivity index (χ0n) is 20.7. The zero-order valence-corrected chi connectivity index (χ0v) is 23.1. The molecule has 1 atom stereocenters. The first-order valence-corrected chi connectivity index (χ1v) is 12.6. The van der Waals surface area contributed by atoms with E-state index in [9.17, 15) is 4.79 Å². The van der Waals surface area contributed by atoms with E-state index in [1.54, 1.807) is 7.11 Å². The van der Waals surface area contributed by atoms with Crippen LogP contribution in [0.5, 0.6) is 11.5 Å². The maximum atomic E-state index is 12.7. The van der Waals surface area contributed by atoms with Gasteiger partial charge >= 0.3 is 0 Å². The summed E-state index contributed by atoms with van der Waals surface area (Å²) < 4.78 is 11.5. The Hall–Kier alpha value is -1.51. The summed E-state index contributed by atoms with van der Waals surface area (Å²) in [4.78, 5) is 19.2. The van der Waals surface area contributed by atoms with Gasteiger partial charge in [-0.05, 0) is 74.9 Å². The first-order valence-electron chi connectivity index (χ1n) is 11.7. The molecule has 9 heteroatoms. The molecule has 1 N–H and O–H groups in total. The van der Waals surface area contributed by atoms with Gasteiger partial charge in [-0.25, -0.2) is 0 Å². The maximum absolute atomic E-state index is 12.7. The van der Waals surface area contributed by atoms with E-state index >= 15 is 0 Å². The number of benzene rings is 1. The van der Waals surface area contributed by atoms with E-state index in [2.05, 4.69) is 35.9 Å². The fourth-order valence-electron chi connectivity index (χ4n) is 4.22. The standard InChI is InChI=1S/C25H37N3O3S.2ClH/c1-5-27(6-2)15-16-31-21-11-10-19(17-22(21)30-4)23-12-13-24(32-23)25(29)26-18-20-9-8-14-28(20)7-3;;/h10-13,17,20H,5-9,14-16,18H2,1-4H3,(H,26,29);2*1H/t20-;;/m0../s1. The molecule has 1 fully saturated rings. The maximum Gasteiger partial charge on any atom is 0.261 e. The number of carbonyl (C=O) groups is 1. The minimum atomic E-state index is 0. The van der Waals surface area contributed by atoms with Gasteiger partial charge in [-0.1, -0.05) is 20.8 Å². The van der Waals surface area contributed by atoms with Crippen molar-refractivity contribution in [1.82, 2.24) is 15.1 Å². The van der Waals surface area contributed by atoms with E-state index in [-0.39, 0.29) is 30.7 Å². The molecular formula is C25H39Cl2N3O3S. The molecule has 1 aromatic heterocycles. The van der Waals surface area contributed by atoms with Crippen molar-refractivity contribution in [2.75, 3.05) is 53.0 Å². The summed E-state index contributed by atoms with van der Waals surface area (Å²) >= 11 is 1.51. The van der Waals surface area contributed by atoms with E-state index in [0.29, 0.717) is 24.9 Å². The average molecular weight is 533 g/mol. The van der Waals surface area contributed by atoms with Crippen molar-refractivity contribution in [2.24, 2.45) is 0 Å². The van der Waals surface area contributed by atoms with E-state index < -0.39 is 0 Å². The number of nitrogens with one attached hydrogen (secondary N) is 1. The molecule has 1 amide bonds. The lowest BCUT2D eigenvalue weighted by Crippen LogP contribution is -2.39. The van der Waals surface area contributed by atoms with Crippen molar-refractivity contribution in [3.63, 3.8) is 0 Å². The Kier molecular flexibility index (Phi) is 13.9. The molecule has 0 unspecified atom stereocenters. The molecule has 0 saturated carbocycles. The van der Waals surface area contributed by atoms with Crippen molar-refractivity contribution in [1.29, 1.82) is 0 Å². The number of likely N-dealkylation sites (tertiary alicyclic amines) is 1. The van der Waals surface area contributed by atoms with Crippen molar-refractivity contribution < 1.29 is 14.3 Å². The topological polar surface area (TPSA) is 54.0 Å². The Bertz CT molecular complexity index is 877. The smallest absolute Gasteiger partial charge is 0.261 e. The number of halogens is 2. The van der Waals surface area contributed by atoms with E-state index in [1.165, 1.54) is 17.8 Å². The van der Waals surface area contributed by atoms with Gasteiger partial charge in [0.2, 0.25) is 0 Å². The molecule has 2 aromatic rings. The SMILES string of the molecule is CCN(CC)CCOc1ccc(-c2ccc(C(=O)NC[C@@H]3CCCN3CC)s2)cc1OC.Cl.Cl. The highest BCUT2D eigenvalue weighted by Crippen LogP contribution is 2.35. The summed E-state index contributed by atoms with van der Waals surface area (Å²) in [6, 6.07) is 10.3. The second-order valence-corrected chi connectivity index (χ2v) is 9.12. The first-order chi connectivity index (χ1) is 15.6. The summed E-state index contributed by atoms with van der Waals surface area (Å²) in [7, 11) is 1.66. The van der Waals surface area contributed by atoms with Crippen LogP contribution in [0.3, 0.4) is 0 Å². The van der Waals surface area contributed by atoms with Crippen LogP contribution in [-0.4, -0.2) is 74.7 Å². The lowest BCUT2D eigenvalue weighted by molar-refractivity contribution is 0.0945. The van der Waals surface area contributed by atoms with Gasteiger partial charge in [-0.3, -0.25) is 9.69 Å². The van der Waals surface area contributed by atoms with Crippen LogP contribution >= 0.6 is 36.2 Å². The van der Waals surface area contributed by atoms with Gasteiger partial charge in [0, 0.05) is 24.0 Å². The number of ether oxygens (including phenoxy) is 2. The number of carbonyl (C=O) groups excluding carboxylic acids is 1. The van der Waals surface area contributed by atoms with Gasteiger partial charge in [-0.2, -0.15) is 0 Å². The second kappa shape index (κ2) is 15.5. The van der Waals surface area contributed by atoms with Crippen LogP contribution in [0, 0.1) is 0 Å². The Balaban J connectivity index is 0.00000289. The predicted molar refractivity (Wildman–Crippen MR) is 147 cm³/mol. The summed E-state index contributed by atoms with van der Waals surface area (Å²) in [5.41, 5.74) is 1.02. The first kappa shape index (κ1) is 30.5. The predicted octanol–water partition coefficient (Wildman–Crippen LogP) is 5.20. The third-order valence-corrected chi connectivity index (χ3v) is 7.37. The van der Waals surface area contributed by atoms with Crippen molar-refractivity contribution in [3.8, 4) is 21.9 Å². The molecule has 1 aliphatic rings. The Morgan fingerprint density at radius 2 is 1.91 bits per heavy atom. The Morgan fingerprint density at radius 1 is 1.15 bits per heavy atom. The summed E-state index contributed by atoms with van der Waals surface area (Å²) in [6.45, 7) is 12.9. The number of thiophene rings is 1. The fourth-order valence-corrected chi connectivity index (χ4v) is 5.14. The van der Waals surface area contributed by atoms with Crippen molar-refractivity contribution in [3.05, 3.63) is 35.2 Å². The van der Waals surface area contributed by atoms with Crippen LogP contribution in [0.25, 0.3) is 10.4 Å². The summed E-state index contributed by atoms with van der Waals surface area (Å²) in [5, 5.41) is 3.12. The van der Waals surface area contributed by atoms with Gasteiger partial charge in [0.25, 0.3) is 5.91 Å². The van der Waals surface area contributed by atoms with Crippen LogP contribution < -0.4 is 14.8 Å². The minimum absolute atomic E-state index is 0. The molecule has 2 heterocycles. The third kappa shape index (κ3) is 8.02. The monoisotopic (exact) mass is 531 g/mol. The van der Waals surface area contributed by atoms with E-state index in [1.807, 2.05) is 30.3 Å². The molecule has 6 nitrogen and oxygen atoms in total. The van der Waals surface area contributed by atoms with E-state index in [0.717, 1.165) is 60.2 Å². The number of methoxy groups -OCH3 is 1. The van der Waals surface area contributed by atoms with Gasteiger partial charge in [0.15, 0.2) is 11.5 Å². The van der Waals surface area contributed by atoms with Crippen LogP contribution in [0.4, 0.5) is 0 Å². The molecule has 0 aliphatic carbocycles. The van der Waals surface area contributed by atoms with Crippen LogP contribution in [0.2, 0.25) is 0 Å². The van der Waals surface area contributed by atoms with Crippen molar-refractivity contribution in [2.45, 2.75) is 39.7 Å². The molecule has 1 saturated heterocycles. The number of rotatable bonds is 12. The Labute approximate surface area is 220 Å². The number of amides is 1. The molecule has 0 radical (unpaired) electrons. The normalized spacial score (nSPS) is 15.5. The highest BCUT2D eigenvalue weighted by Gasteiger charge is 2.23. The largest absolute Gasteiger partial charge is 0.493 e. The summed E-state index contributed by atoms with van der Waals surface area (Å²) in [6.07, 6.45) is 2.38. The number of hydrogen-bond acceptors (Lipinski definition) is 6. The molecule has 192 valence electrons. The molecule has 34 heavy (non-hydrogen) atoms. The number of likely N-dealkylation sites (N-methyl/N-ethyl adjacent to an activating group) is 2. The molecule has 3 rings (SSSR count). The average Bonchev–Trinajstić information content (AvgIpc) is 3.50. The van der Waals surface area contributed by atoms with Gasteiger partial charge in [-0.15, -0.1) is 36.2 Å². The minimum Gasteiger partial charge on any atom is -0.493 e. The highest BCUT2D eigenvalue weighted by atomic mass is 35.5. The van der Waals surface area contributed by atoms with Gasteiger partial charge in [0.05, 0.1) is 12.0 Å². The van der Waals surface area contributed by atoms with Crippen LogP contribution in [0.1, 0.15) is 43.3 Å². The van der Waals surface area contributed by atoms with Gasteiger partial charge < -0.3 is 19.7 Å². The highest BCUT2D eigenvalue weighted by molar-refractivity contribution is 7.17. The van der Waals surface area contributed by atoms with Gasteiger partial charge in [0.1, 0.15) is 6.61 Å². The Morgan fingerprint density at radius 3 is 2.59 bits per heavy atom. The van der Waals surface area contributed by atoms with Crippen LogP contribution in [0.15, 0.2) is 30.3 Å². The molecule has 1 aliphatic heterocycles. The lowest BCUT2D eigenvalue weighted by atomic mass is 10.1. The zero-order chi connectivity index (χ0) is 22.9. The second-order valence-electron chi connectivity index (χ2n) is 8.04. The number of nitrogens with zero attached hydrogens (tertiary/aromatic N) is 2. The third-order valence-electron chi connectivity index (χ3n) is 6.24. The molecule has 0 spiro atoms. The fraction of sp³-hybridized carbons (Fsp3) is 0.560. The number of hydrogen-bond donors (Lipinski definition) is 1. The quantitative estimate of drug-likeness (QED) is 0.407. The molecule has 1 aromatic carbocycles. The van der Waals surface area contributed by atoms with E-state index in [4.69, 9.17) is 9.47 Å². The molecular weight excluding hydrogens is 493 g/mol. The van der Waals surface area contributed by atoms with Crippen molar-refractivity contribution >= 4 is 42.1 Å². The summed E-state index contributed by atoms with van der Waals surface area (Å²) in [5.74, 6) is 1.46. The molecule has 0 bridgehead atoms.